The van der Waals surface area contributed by atoms with Gasteiger partial charge in [-0.2, -0.15) is 0 Å². The lowest BCUT2D eigenvalue weighted by molar-refractivity contribution is 0.0973. The second-order valence-corrected chi connectivity index (χ2v) is 5.07. The van der Waals surface area contributed by atoms with Gasteiger partial charge in [0.2, 0.25) is 0 Å². The lowest BCUT2D eigenvalue weighted by Gasteiger charge is -2.17. The minimum Gasteiger partial charge on any atom is -0.467 e. The van der Waals surface area contributed by atoms with Crippen molar-refractivity contribution in [1.29, 1.82) is 0 Å². The van der Waals surface area contributed by atoms with Crippen LogP contribution < -0.4 is 5.32 Å². The molecule has 3 rings (SSSR count). The molecule has 0 aliphatic rings. The van der Waals surface area contributed by atoms with Gasteiger partial charge in [-0.3, -0.25) is 4.79 Å². The molecule has 3 heteroatoms. The van der Waals surface area contributed by atoms with E-state index in [2.05, 4.69) is 5.32 Å². The SMILES string of the molecule is O=C(CC(Nc1ccccc1)c1ccco1)c1ccccc1. The Balaban J connectivity index is 1.79. The van der Waals surface area contributed by atoms with Gasteiger partial charge in [0.15, 0.2) is 5.78 Å². The van der Waals surface area contributed by atoms with E-state index in [1.807, 2.05) is 72.8 Å². The Morgan fingerprint density at radius 3 is 2.23 bits per heavy atom. The summed E-state index contributed by atoms with van der Waals surface area (Å²) in [4.78, 5) is 12.5. The minimum absolute atomic E-state index is 0.0884. The van der Waals surface area contributed by atoms with E-state index in [1.165, 1.54) is 0 Å². The molecular weight excluding hydrogens is 274 g/mol. The van der Waals surface area contributed by atoms with Crippen LogP contribution in [-0.2, 0) is 0 Å². The van der Waals surface area contributed by atoms with E-state index < -0.39 is 0 Å². The van der Waals surface area contributed by atoms with Crippen molar-refractivity contribution in [3.63, 3.8) is 0 Å². The highest BCUT2D eigenvalue weighted by Crippen LogP contribution is 2.24. The Bertz CT molecular complexity index is 706. The Labute approximate surface area is 129 Å². The third-order valence-electron chi connectivity index (χ3n) is 3.49. The van der Waals surface area contributed by atoms with E-state index in [9.17, 15) is 4.79 Å². The first kappa shape index (κ1) is 14.1. The zero-order valence-corrected chi connectivity index (χ0v) is 12.1. The number of Topliss-reactive ketones (excluding diaryl/α,β-unsaturated/α-hetero) is 1. The molecule has 3 nitrogen and oxygen atoms in total. The molecule has 1 unspecified atom stereocenters. The van der Waals surface area contributed by atoms with Gasteiger partial charge in [0, 0.05) is 17.7 Å². The third kappa shape index (κ3) is 3.44. The maximum Gasteiger partial charge on any atom is 0.165 e. The fourth-order valence-electron chi connectivity index (χ4n) is 2.38. The second kappa shape index (κ2) is 6.76. The quantitative estimate of drug-likeness (QED) is 0.669. The smallest absolute Gasteiger partial charge is 0.165 e. The zero-order valence-electron chi connectivity index (χ0n) is 12.1. The van der Waals surface area contributed by atoms with Crippen molar-refractivity contribution in [2.24, 2.45) is 0 Å². The van der Waals surface area contributed by atoms with E-state index in [4.69, 9.17) is 4.42 Å². The van der Waals surface area contributed by atoms with Crippen LogP contribution >= 0.6 is 0 Å². The lowest BCUT2D eigenvalue weighted by atomic mass is 10.0. The fraction of sp³-hybridized carbons (Fsp3) is 0.105. The fourth-order valence-corrected chi connectivity index (χ4v) is 2.38. The zero-order chi connectivity index (χ0) is 15.2. The second-order valence-electron chi connectivity index (χ2n) is 5.07. The van der Waals surface area contributed by atoms with Crippen LogP contribution in [0.15, 0.2) is 83.5 Å². The van der Waals surface area contributed by atoms with Gasteiger partial charge in [-0.1, -0.05) is 48.5 Å². The molecule has 0 radical (unpaired) electrons. The maximum absolute atomic E-state index is 12.5. The van der Waals surface area contributed by atoms with Crippen LogP contribution in [0.25, 0.3) is 0 Å². The summed E-state index contributed by atoms with van der Waals surface area (Å²) in [7, 11) is 0. The van der Waals surface area contributed by atoms with Gasteiger partial charge in [-0.05, 0) is 24.3 Å². The van der Waals surface area contributed by atoms with Gasteiger partial charge >= 0.3 is 0 Å². The monoisotopic (exact) mass is 291 g/mol. The average molecular weight is 291 g/mol. The highest BCUT2D eigenvalue weighted by Gasteiger charge is 2.19. The highest BCUT2D eigenvalue weighted by atomic mass is 16.3. The van der Waals surface area contributed by atoms with Crippen molar-refractivity contribution in [2.45, 2.75) is 12.5 Å². The average Bonchev–Trinajstić information content (AvgIpc) is 3.10. The number of carbonyl (C=O) groups excluding carboxylic acids is 1. The van der Waals surface area contributed by atoms with Gasteiger partial charge in [-0.25, -0.2) is 0 Å². The number of anilines is 1. The molecule has 0 saturated carbocycles. The molecule has 22 heavy (non-hydrogen) atoms. The number of furan rings is 1. The molecule has 2 aromatic carbocycles. The van der Waals surface area contributed by atoms with Crippen LogP contribution in [0.1, 0.15) is 28.6 Å². The van der Waals surface area contributed by atoms with E-state index in [-0.39, 0.29) is 11.8 Å². The molecule has 1 aromatic heterocycles. The van der Waals surface area contributed by atoms with Crippen LogP contribution in [0, 0.1) is 0 Å². The summed E-state index contributed by atoms with van der Waals surface area (Å²) in [5.74, 6) is 0.846. The molecule has 0 fully saturated rings. The van der Waals surface area contributed by atoms with Crippen molar-refractivity contribution in [3.05, 3.63) is 90.4 Å². The molecular formula is C19H17NO2. The summed E-state index contributed by atoms with van der Waals surface area (Å²) in [6, 6.07) is 22.7. The summed E-state index contributed by atoms with van der Waals surface area (Å²) in [5.41, 5.74) is 1.68. The van der Waals surface area contributed by atoms with Crippen molar-refractivity contribution < 1.29 is 9.21 Å². The molecule has 0 saturated heterocycles. The Morgan fingerprint density at radius 1 is 0.909 bits per heavy atom. The Morgan fingerprint density at radius 2 is 1.59 bits per heavy atom. The highest BCUT2D eigenvalue weighted by molar-refractivity contribution is 5.96. The molecule has 3 aromatic rings. The van der Waals surface area contributed by atoms with E-state index >= 15 is 0 Å². The normalized spacial score (nSPS) is 11.8. The number of rotatable bonds is 6. The molecule has 1 heterocycles. The van der Waals surface area contributed by atoms with Crippen LogP contribution in [0.4, 0.5) is 5.69 Å². The van der Waals surface area contributed by atoms with Crippen LogP contribution in [0.3, 0.4) is 0 Å². The number of hydrogen-bond acceptors (Lipinski definition) is 3. The number of hydrogen-bond donors (Lipinski definition) is 1. The third-order valence-corrected chi connectivity index (χ3v) is 3.49. The molecule has 1 atom stereocenters. The Kier molecular flexibility index (Phi) is 4.35. The number of carbonyl (C=O) groups is 1. The minimum atomic E-state index is -0.190. The lowest BCUT2D eigenvalue weighted by Crippen LogP contribution is -2.15. The van der Waals surface area contributed by atoms with Crippen LogP contribution in [-0.4, -0.2) is 5.78 Å². The molecule has 0 aliphatic carbocycles. The van der Waals surface area contributed by atoms with E-state index in [1.54, 1.807) is 6.26 Å². The van der Waals surface area contributed by atoms with Gasteiger partial charge in [0.05, 0.1) is 12.3 Å². The first-order valence-electron chi connectivity index (χ1n) is 7.26. The summed E-state index contributed by atoms with van der Waals surface area (Å²) in [6.07, 6.45) is 1.97. The number of ketones is 1. The molecule has 0 spiro atoms. The largest absolute Gasteiger partial charge is 0.467 e. The van der Waals surface area contributed by atoms with E-state index in [0.29, 0.717) is 12.0 Å². The molecule has 0 amide bonds. The maximum atomic E-state index is 12.5. The van der Waals surface area contributed by atoms with Gasteiger partial charge in [0.25, 0.3) is 0 Å². The molecule has 0 bridgehead atoms. The molecule has 0 aliphatic heterocycles. The summed E-state index contributed by atoms with van der Waals surface area (Å²) in [6.45, 7) is 0. The van der Waals surface area contributed by atoms with Crippen LogP contribution in [0.2, 0.25) is 0 Å². The predicted molar refractivity (Wildman–Crippen MR) is 86.9 cm³/mol. The van der Waals surface area contributed by atoms with Crippen molar-refractivity contribution in [2.75, 3.05) is 5.32 Å². The number of benzene rings is 2. The summed E-state index contributed by atoms with van der Waals surface area (Å²) in [5, 5.41) is 3.37. The first-order chi connectivity index (χ1) is 10.8. The Hall–Kier alpha value is -2.81. The molecule has 1 N–H and O–H groups in total. The van der Waals surface area contributed by atoms with Crippen molar-refractivity contribution in [1.82, 2.24) is 0 Å². The van der Waals surface area contributed by atoms with Gasteiger partial charge in [-0.15, -0.1) is 0 Å². The number of para-hydroxylation sites is 1. The predicted octanol–water partition coefficient (Wildman–Crippen LogP) is 4.71. The van der Waals surface area contributed by atoms with Crippen molar-refractivity contribution >= 4 is 11.5 Å². The standard InChI is InChI=1S/C19H17NO2/c21-18(15-8-3-1-4-9-15)14-17(19-12-7-13-22-19)20-16-10-5-2-6-11-16/h1-13,17,20H,14H2. The van der Waals surface area contributed by atoms with E-state index in [0.717, 1.165) is 11.4 Å². The molecule has 110 valence electrons. The summed E-state index contributed by atoms with van der Waals surface area (Å²) < 4.78 is 5.49. The van der Waals surface area contributed by atoms with Crippen LogP contribution in [0.5, 0.6) is 0 Å². The van der Waals surface area contributed by atoms with Gasteiger partial charge < -0.3 is 9.73 Å². The number of nitrogens with one attached hydrogen (secondary N) is 1. The summed E-state index contributed by atoms with van der Waals surface area (Å²) >= 11 is 0. The van der Waals surface area contributed by atoms with Gasteiger partial charge in [0.1, 0.15) is 5.76 Å². The first-order valence-corrected chi connectivity index (χ1v) is 7.26. The van der Waals surface area contributed by atoms with Crippen molar-refractivity contribution in [3.8, 4) is 0 Å². The topological polar surface area (TPSA) is 42.2 Å².